The Labute approximate surface area is 212 Å². The van der Waals surface area contributed by atoms with Gasteiger partial charge >= 0.3 is 0 Å². The molecule has 0 fully saturated rings. The van der Waals surface area contributed by atoms with Crippen molar-refractivity contribution >= 4 is 46.8 Å². The molecule has 0 saturated heterocycles. The first-order chi connectivity index (χ1) is 16.9. The van der Waals surface area contributed by atoms with Crippen LogP contribution in [-0.4, -0.2) is 16.9 Å². The van der Waals surface area contributed by atoms with Gasteiger partial charge in [-0.15, -0.1) is 0 Å². The first-order valence-corrected chi connectivity index (χ1v) is 11.3. The van der Waals surface area contributed by atoms with Gasteiger partial charge in [0.1, 0.15) is 5.76 Å². The van der Waals surface area contributed by atoms with Crippen molar-refractivity contribution in [3.05, 3.63) is 130 Å². The maximum Gasteiger partial charge on any atom is 0.280 e. The normalized spacial score (nSPS) is 11.4. The molecule has 2 amide bonds. The molecule has 0 aliphatic heterocycles. The van der Waals surface area contributed by atoms with Crippen LogP contribution in [0.25, 0.3) is 6.08 Å². The molecule has 0 spiro atoms. The first-order valence-electron chi connectivity index (χ1n) is 10.5. The Morgan fingerprint density at radius 3 is 1.91 bits per heavy atom. The highest BCUT2D eigenvalue weighted by atomic mass is 35.5. The van der Waals surface area contributed by atoms with E-state index < -0.39 is 17.4 Å². The molecule has 8 heteroatoms. The predicted molar refractivity (Wildman–Crippen MR) is 136 cm³/mol. The fraction of sp³-hybridized carbons (Fsp3) is 0.0370. The van der Waals surface area contributed by atoms with E-state index in [1.54, 1.807) is 91.0 Å². The topological polar surface area (TPSA) is 82.8 Å². The molecule has 0 unspecified atom stereocenters. The van der Waals surface area contributed by atoms with Crippen LogP contribution in [-0.2, 0) is 15.2 Å². The molecule has 0 atom stereocenters. The molecule has 176 valence electrons. The van der Waals surface area contributed by atoms with Gasteiger partial charge in [0.2, 0.25) is 0 Å². The summed E-state index contributed by atoms with van der Waals surface area (Å²) in [6.07, 6.45) is 4.23. The number of nitrogens with zero attached hydrogens (tertiary/aromatic N) is 1. The third-order valence-corrected chi connectivity index (χ3v) is 5.74. The highest BCUT2D eigenvalue weighted by Crippen LogP contribution is 2.32. The summed E-state index contributed by atoms with van der Waals surface area (Å²) < 4.78 is 5.23. The van der Waals surface area contributed by atoms with Crippen LogP contribution in [0.3, 0.4) is 0 Å². The number of hydrogen-bond donors (Lipinski definition) is 2. The number of halogens is 2. The molecule has 0 bridgehead atoms. The zero-order valence-corrected chi connectivity index (χ0v) is 19.8. The van der Waals surface area contributed by atoms with Gasteiger partial charge in [-0.2, -0.15) is 0 Å². The van der Waals surface area contributed by atoms with E-state index in [1.165, 1.54) is 18.4 Å². The zero-order valence-electron chi connectivity index (χ0n) is 18.3. The number of aliphatic hydroxyl groups is 1. The lowest BCUT2D eigenvalue weighted by atomic mass is 9.85. The number of carbonyl (C=O) groups is 2. The lowest BCUT2D eigenvalue weighted by Gasteiger charge is -2.31. The number of furan rings is 1. The van der Waals surface area contributed by atoms with Gasteiger partial charge in [-0.3, -0.25) is 15.0 Å². The van der Waals surface area contributed by atoms with E-state index in [-0.39, 0.29) is 11.1 Å². The van der Waals surface area contributed by atoms with Gasteiger partial charge in [-0.05, 0) is 65.7 Å². The van der Waals surface area contributed by atoms with Gasteiger partial charge in [0.05, 0.1) is 12.0 Å². The van der Waals surface area contributed by atoms with Crippen molar-refractivity contribution in [3.8, 4) is 0 Å². The van der Waals surface area contributed by atoms with Gasteiger partial charge in [-0.25, -0.2) is 5.01 Å². The van der Waals surface area contributed by atoms with E-state index in [0.717, 1.165) is 5.01 Å². The Morgan fingerprint density at radius 2 is 1.40 bits per heavy atom. The second kappa shape index (κ2) is 10.6. The average Bonchev–Trinajstić information content (AvgIpc) is 3.40. The second-order valence-corrected chi connectivity index (χ2v) is 8.40. The minimum atomic E-state index is -2.16. The van der Waals surface area contributed by atoms with Crippen molar-refractivity contribution < 1.29 is 19.1 Å². The van der Waals surface area contributed by atoms with Crippen LogP contribution >= 0.6 is 23.2 Å². The fourth-order valence-electron chi connectivity index (χ4n) is 3.43. The van der Waals surface area contributed by atoms with Crippen molar-refractivity contribution in [2.75, 3.05) is 5.01 Å². The van der Waals surface area contributed by atoms with Gasteiger partial charge < -0.3 is 9.52 Å². The number of carbonyl (C=O) groups excluding carboxylic acids is 2. The summed E-state index contributed by atoms with van der Waals surface area (Å²) >= 11 is 12.0. The van der Waals surface area contributed by atoms with Crippen molar-refractivity contribution in [2.45, 2.75) is 5.60 Å². The Hall–Kier alpha value is -3.84. The number of rotatable bonds is 6. The molecule has 1 heterocycles. The SMILES string of the molecule is O=C(/C=C/c1ccco1)N(NC(=O)C(O)(c1ccc(Cl)cc1)c1ccc(Cl)cc1)c1ccccc1. The van der Waals surface area contributed by atoms with Gasteiger partial charge in [-0.1, -0.05) is 65.7 Å². The molecule has 1 aromatic heterocycles. The highest BCUT2D eigenvalue weighted by molar-refractivity contribution is 6.30. The highest BCUT2D eigenvalue weighted by Gasteiger charge is 2.41. The third kappa shape index (κ3) is 5.46. The first kappa shape index (κ1) is 24.3. The Bertz CT molecular complexity index is 1270. The lowest BCUT2D eigenvalue weighted by Crippen LogP contribution is -2.54. The molecule has 3 aromatic carbocycles. The second-order valence-electron chi connectivity index (χ2n) is 7.52. The molecule has 4 aromatic rings. The monoisotopic (exact) mass is 506 g/mol. The largest absolute Gasteiger partial charge is 0.465 e. The predicted octanol–water partition coefficient (Wildman–Crippen LogP) is 5.60. The zero-order chi connectivity index (χ0) is 24.8. The number of amides is 2. The Kier molecular flexibility index (Phi) is 7.36. The Balaban J connectivity index is 1.73. The summed E-state index contributed by atoms with van der Waals surface area (Å²) in [5.41, 5.74) is 1.33. The van der Waals surface area contributed by atoms with Crippen molar-refractivity contribution in [3.63, 3.8) is 0 Å². The van der Waals surface area contributed by atoms with E-state index >= 15 is 0 Å². The summed E-state index contributed by atoms with van der Waals surface area (Å²) in [6, 6.07) is 24.4. The molecule has 35 heavy (non-hydrogen) atoms. The average molecular weight is 507 g/mol. The molecule has 4 rings (SSSR count). The molecule has 0 saturated carbocycles. The van der Waals surface area contributed by atoms with Crippen molar-refractivity contribution in [1.82, 2.24) is 5.43 Å². The molecule has 0 aliphatic carbocycles. The van der Waals surface area contributed by atoms with Gasteiger partial charge in [0, 0.05) is 16.1 Å². The number of para-hydroxylation sites is 1. The van der Waals surface area contributed by atoms with Crippen LogP contribution in [0.2, 0.25) is 10.0 Å². The molecule has 0 aliphatic rings. The molecule has 6 nitrogen and oxygen atoms in total. The number of benzene rings is 3. The molecular weight excluding hydrogens is 487 g/mol. The fourth-order valence-corrected chi connectivity index (χ4v) is 3.68. The summed E-state index contributed by atoms with van der Waals surface area (Å²) in [7, 11) is 0. The molecular formula is C27H20Cl2N2O4. The van der Waals surface area contributed by atoms with E-state index in [0.29, 0.717) is 21.5 Å². The van der Waals surface area contributed by atoms with Crippen LogP contribution < -0.4 is 10.4 Å². The van der Waals surface area contributed by atoms with E-state index in [9.17, 15) is 14.7 Å². The maximum atomic E-state index is 13.7. The van der Waals surface area contributed by atoms with Gasteiger partial charge in [0.15, 0.2) is 5.60 Å². The minimum absolute atomic E-state index is 0.258. The van der Waals surface area contributed by atoms with Crippen LogP contribution in [0.15, 0.2) is 108 Å². The van der Waals surface area contributed by atoms with E-state index in [1.807, 2.05) is 0 Å². The van der Waals surface area contributed by atoms with Crippen LogP contribution in [0.4, 0.5) is 5.69 Å². The maximum absolute atomic E-state index is 13.7. The number of nitrogens with one attached hydrogen (secondary N) is 1. The summed E-state index contributed by atoms with van der Waals surface area (Å²) in [6.45, 7) is 0. The Morgan fingerprint density at radius 1 is 0.829 bits per heavy atom. The van der Waals surface area contributed by atoms with Crippen LogP contribution in [0.1, 0.15) is 16.9 Å². The number of hydrogen-bond acceptors (Lipinski definition) is 4. The van der Waals surface area contributed by atoms with Crippen molar-refractivity contribution in [1.29, 1.82) is 0 Å². The molecule has 2 N–H and O–H groups in total. The smallest absolute Gasteiger partial charge is 0.280 e. The number of hydrazine groups is 1. The third-order valence-electron chi connectivity index (χ3n) is 5.23. The quantitative estimate of drug-likeness (QED) is 0.263. The van der Waals surface area contributed by atoms with Crippen molar-refractivity contribution in [2.24, 2.45) is 0 Å². The lowest BCUT2D eigenvalue weighted by molar-refractivity contribution is -0.138. The summed E-state index contributed by atoms with van der Waals surface area (Å²) in [5.74, 6) is -0.946. The standard InChI is InChI=1S/C27H20Cl2N2O4/c28-21-12-8-19(9-13-21)27(34,20-10-14-22(29)15-11-20)26(33)30-31(23-5-2-1-3-6-23)25(32)17-16-24-7-4-18-35-24/h1-18,34H,(H,30,33)/b17-16+. The summed E-state index contributed by atoms with van der Waals surface area (Å²) in [5, 5.41) is 13.7. The van der Waals surface area contributed by atoms with E-state index in [4.69, 9.17) is 27.6 Å². The van der Waals surface area contributed by atoms with Crippen LogP contribution in [0.5, 0.6) is 0 Å². The van der Waals surface area contributed by atoms with Crippen LogP contribution in [0, 0.1) is 0 Å². The minimum Gasteiger partial charge on any atom is -0.465 e. The van der Waals surface area contributed by atoms with Gasteiger partial charge in [0.25, 0.3) is 11.8 Å². The molecule has 0 radical (unpaired) electrons. The van der Waals surface area contributed by atoms with E-state index in [2.05, 4.69) is 5.43 Å². The number of anilines is 1. The summed E-state index contributed by atoms with van der Waals surface area (Å²) in [4.78, 5) is 26.8.